The van der Waals surface area contributed by atoms with E-state index in [1.54, 1.807) is 20.9 Å². The number of carbonyl (C=O) groups is 1. The number of esters is 1. The fourth-order valence-corrected chi connectivity index (χ4v) is 3.93. The van der Waals surface area contributed by atoms with Crippen molar-refractivity contribution in [3.05, 3.63) is 15.6 Å². The summed E-state index contributed by atoms with van der Waals surface area (Å²) >= 11 is 1.25. The first-order valence-electron chi connectivity index (χ1n) is 9.06. The first-order valence-corrected chi connectivity index (χ1v) is 9.88. The van der Waals surface area contributed by atoms with Gasteiger partial charge in [0.25, 0.3) is 0 Å². The van der Waals surface area contributed by atoms with Crippen LogP contribution in [0.15, 0.2) is 4.99 Å². The van der Waals surface area contributed by atoms with Gasteiger partial charge in [0.15, 0.2) is 5.96 Å². The maximum absolute atomic E-state index is 12.5. The fraction of sp³-hybridized carbons (Fsp3) is 0.706. The van der Waals surface area contributed by atoms with Gasteiger partial charge in [-0.05, 0) is 27.2 Å². The number of aromatic nitrogens is 1. The van der Waals surface area contributed by atoms with Crippen LogP contribution in [-0.2, 0) is 4.74 Å². The van der Waals surface area contributed by atoms with Crippen molar-refractivity contribution < 1.29 is 22.7 Å². The summed E-state index contributed by atoms with van der Waals surface area (Å²) in [4.78, 5) is 22.4. The zero-order chi connectivity index (χ0) is 20.9. The fourth-order valence-electron chi connectivity index (χ4n) is 2.97. The van der Waals surface area contributed by atoms with E-state index in [0.29, 0.717) is 47.7 Å². The highest BCUT2D eigenvalue weighted by Gasteiger charge is 2.34. The molecule has 0 saturated carbocycles. The van der Waals surface area contributed by atoms with E-state index in [-0.39, 0.29) is 36.1 Å². The Morgan fingerprint density at radius 1 is 1.48 bits per heavy atom. The molecule has 0 aromatic carbocycles. The van der Waals surface area contributed by atoms with E-state index in [2.05, 4.69) is 20.6 Å². The van der Waals surface area contributed by atoms with E-state index < -0.39 is 18.7 Å². The SMILES string of the molecule is CCOC(=O)c1sc(C(C)NC(=NC)NC2CCN(CC(F)(F)F)C2)nc1C.I. The van der Waals surface area contributed by atoms with Gasteiger partial charge in [-0.1, -0.05) is 0 Å². The minimum absolute atomic E-state index is 0. The summed E-state index contributed by atoms with van der Waals surface area (Å²) < 4.78 is 42.6. The monoisotopic (exact) mass is 549 g/mol. The van der Waals surface area contributed by atoms with Crippen LogP contribution in [0.1, 0.15) is 46.7 Å². The molecule has 1 saturated heterocycles. The summed E-state index contributed by atoms with van der Waals surface area (Å²) in [6, 6.07) is -0.348. The molecule has 2 heterocycles. The number of nitrogens with one attached hydrogen (secondary N) is 2. The van der Waals surface area contributed by atoms with Crippen LogP contribution in [0, 0.1) is 6.92 Å². The summed E-state index contributed by atoms with van der Waals surface area (Å²) in [6.45, 7) is 5.46. The van der Waals surface area contributed by atoms with Gasteiger partial charge in [0, 0.05) is 26.2 Å². The molecule has 2 N–H and O–H groups in total. The highest BCUT2D eigenvalue weighted by Crippen LogP contribution is 2.24. The smallest absolute Gasteiger partial charge is 0.401 e. The Labute approximate surface area is 189 Å². The van der Waals surface area contributed by atoms with Crippen LogP contribution in [0.3, 0.4) is 0 Å². The van der Waals surface area contributed by atoms with Gasteiger partial charge in [0.2, 0.25) is 0 Å². The van der Waals surface area contributed by atoms with Crippen molar-refractivity contribution in [2.24, 2.45) is 4.99 Å². The molecular weight excluding hydrogens is 522 g/mol. The van der Waals surface area contributed by atoms with Crippen molar-refractivity contribution in [1.29, 1.82) is 0 Å². The molecule has 0 bridgehead atoms. The minimum atomic E-state index is -4.19. The number of ether oxygens (including phenoxy) is 1. The number of hydrogen-bond acceptors (Lipinski definition) is 6. The molecule has 2 rings (SSSR count). The van der Waals surface area contributed by atoms with Crippen LogP contribution in [-0.4, -0.2) is 67.3 Å². The molecule has 0 radical (unpaired) electrons. The van der Waals surface area contributed by atoms with E-state index in [1.165, 1.54) is 16.2 Å². The number of hydrogen-bond donors (Lipinski definition) is 2. The van der Waals surface area contributed by atoms with E-state index in [0.717, 1.165) is 0 Å². The molecule has 12 heteroatoms. The molecule has 0 amide bonds. The third kappa shape index (κ3) is 7.89. The predicted molar refractivity (Wildman–Crippen MR) is 117 cm³/mol. The topological polar surface area (TPSA) is 78.8 Å². The summed E-state index contributed by atoms with van der Waals surface area (Å²) in [6.07, 6.45) is -3.59. The number of guanidine groups is 1. The number of halogens is 4. The molecule has 1 aliphatic rings. The van der Waals surface area contributed by atoms with E-state index >= 15 is 0 Å². The van der Waals surface area contributed by atoms with E-state index in [9.17, 15) is 18.0 Å². The maximum Gasteiger partial charge on any atom is 0.401 e. The van der Waals surface area contributed by atoms with Gasteiger partial charge in [0.05, 0.1) is 24.9 Å². The molecule has 1 fully saturated rings. The number of rotatable bonds is 6. The molecule has 0 spiro atoms. The summed E-state index contributed by atoms with van der Waals surface area (Å²) in [7, 11) is 1.60. The second-order valence-electron chi connectivity index (χ2n) is 6.61. The molecular formula is C17H27F3IN5O2S. The van der Waals surface area contributed by atoms with Crippen molar-refractivity contribution in [1.82, 2.24) is 20.5 Å². The number of nitrogens with zero attached hydrogens (tertiary/aromatic N) is 3. The summed E-state index contributed by atoms with van der Waals surface area (Å²) in [5, 5.41) is 7.04. The number of thiazole rings is 1. The summed E-state index contributed by atoms with van der Waals surface area (Å²) in [5.41, 5.74) is 0.605. The standard InChI is InChI=1S/C17H26F3N5O2S.HI/c1-5-27-15(26)13-10(2)22-14(28-13)11(3)23-16(21-4)24-12-6-7-25(8-12)9-17(18,19)20;/h11-12H,5-9H2,1-4H3,(H2,21,23,24);1H. The lowest BCUT2D eigenvalue weighted by Crippen LogP contribution is -2.45. The van der Waals surface area contributed by atoms with Gasteiger partial charge >= 0.3 is 12.1 Å². The molecule has 29 heavy (non-hydrogen) atoms. The van der Waals surface area contributed by atoms with Gasteiger partial charge < -0.3 is 15.4 Å². The summed E-state index contributed by atoms with van der Waals surface area (Å²) in [5.74, 6) is 0.0889. The van der Waals surface area contributed by atoms with Gasteiger partial charge in [-0.2, -0.15) is 13.2 Å². The number of carbonyl (C=O) groups excluding carboxylic acids is 1. The highest BCUT2D eigenvalue weighted by atomic mass is 127. The van der Waals surface area contributed by atoms with Crippen LogP contribution in [0.2, 0.25) is 0 Å². The third-order valence-electron chi connectivity index (χ3n) is 4.24. The molecule has 1 aromatic rings. The largest absolute Gasteiger partial charge is 0.462 e. The van der Waals surface area contributed by atoms with Crippen molar-refractivity contribution in [2.75, 3.05) is 33.3 Å². The number of alkyl halides is 3. The number of aryl methyl sites for hydroxylation is 1. The Hall–Kier alpha value is -1.15. The minimum Gasteiger partial charge on any atom is -0.462 e. The second-order valence-corrected chi connectivity index (χ2v) is 7.64. The van der Waals surface area contributed by atoms with Crippen LogP contribution in [0.25, 0.3) is 0 Å². The Bertz CT molecular complexity index is 714. The van der Waals surface area contributed by atoms with Crippen molar-refractivity contribution >= 4 is 47.2 Å². The molecule has 7 nitrogen and oxygen atoms in total. The average Bonchev–Trinajstić information content (AvgIpc) is 3.19. The Balaban J connectivity index is 0.00000420. The quantitative estimate of drug-likeness (QED) is 0.246. The van der Waals surface area contributed by atoms with Gasteiger partial charge in [-0.15, -0.1) is 35.3 Å². The molecule has 0 aliphatic carbocycles. The lowest BCUT2D eigenvalue weighted by Gasteiger charge is -2.21. The first kappa shape index (κ1) is 25.9. The normalized spacial score (nSPS) is 18.9. The van der Waals surface area contributed by atoms with Gasteiger partial charge in [-0.25, -0.2) is 9.78 Å². The van der Waals surface area contributed by atoms with E-state index in [1.807, 2.05) is 6.92 Å². The molecule has 166 valence electrons. The number of likely N-dealkylation sites (tertiary alicyclic amines) is 1. The zero-order valence-electron chi connectivity index (χ0n) is 16.8. The van der Waals surface area contributed by atoms with Crippen LogP contribution < -0.4 is 10.6 Å². The second kappa shape index (κ2) is 11.3. The lowest BCUT2D eigenvalue weighted by molar-refractivity contribution is -0.143. The molecule has 1 aliphatic heterocycles. The number of aliphatic imine (C=N–C) groups is 1. The predicted octanol–water partition coefficient (Wildman–Crippen LogP) is 3.11. The molecule has 2 atom stereocenters. The third-order valence-corrected chi connectivity index (χ3v) is 5.56. The van der Waals surface area contributed by atoms with Crippen LogP contribution in [0.5, 0.6) is 0 Å². The average molecular weight is 549 g/mol. The van der Waals surface area contributed by atoms with Crippen LogP contribution in [0.4, 0.5) is 13.2 Å². The Kier molecular flexibility index (Phi) is 10.1. The van der Waals surface area contributed by atoms with Crippen molar-refractivity contribution in [3.63, 3.8) is 0 Å². The van der Waals surface area contributed by atoms with Crippen LogP contribution >= 0.6 is 35.3 Å². The van der Waals surface area contributed by atoms with Crippen molar-refractivity contribution in [3.8, 4) is 0 Å². The Morgan fingerprint density at radius 3 is 2.76 bits per heavy atom. The highest BCUT2D eigenvalue weighted by molar-refractivity contribution is 14.0. The van der Waals surface area contributed by atoms with E-state index in [4.69, 9.17) is 4.74 Å². The first-order chi connectivity index (χ1) is 13.1. The van der Waals surface area contributed by atoms with Gasteiger partial charge in [-0.3, -0.25) is 9.89 Å². The molecule has 2 unspecified atom stereocenters. The zero-order valence-corrected chi connectivity index (χ0v) is 19.9. The lowest BCUT2D eigenvalue weighted by atomic mass is 10.2. The maximum atomic E-state index is 12.5. The Morgan fingerprint density at radius 2 is 2.17 bits per heavy atom. The van der Waals surface area contributed by atoms with Gasteiger partial charge in [0.1, 0.15) is 9.88 Å². The molecule has 1 aromatic heterocycles. The van der Waals surface area contributed by atoms with Crippen molar-refractivity contribution in [2.45, 2.75) is 45.5 Å².